The van der Waals surface area contributed by atoms with E-state index in [0.29, 0.717) is 5.56 Å². The maximum absolute atomic E-state index is 12.7. The Hall–Kier alpha value is -1.44. The van der Waals surface area contributed by atoms with Crippen molar-refractivity contribution in [3.63, 3.8) is 0 Å². The van der Waals surface area contributed by atoms with Gasteiger partial charge in [-0.1, -0.05) is 51.1 Å². The maximum Gasteiger partial charge on any atom is 0.173 e. The molecule has 1 aromatic rings. The molecule has 3 atom stereocenters. The average Bonchev–Trinajstić information content (AvgIpc) is 2.71. The van der Waals surface area contributed by atoms with E-state index in [1.807, 2.05) is 37.3 Å². The van der Waals surface area contributed by atoms with Gasteiger partial charge >= 0.3 is 0 Å². The summed E-state index contributed by atoms with van der Waals surface area (Å²) in [6.07, 6.45) is 1.93. The molecule has 0 heterocycles. The zero-order chi connectivity index (χ0) is 13.8. The van der Waals surface area contributed by atoms with Gasteiger partial charge in [0.25, 0.3) is 0 Å². The Morgan fingerprint density at radius 3 is 2.32 bits per heavy atom. The van der Waals surface area contributed by atoms with E-state index in [-0.39, 0.29) is 28.3 Å². The lowest BCUT2D eigenvalue weighted by Crippen LogP contribution is -2.35. The fourth-order valence-electron chi connectivity index (χ4n) is 4.17. The lowest BCUT2D eigenvalue weighted by Gasteiger charge is -2.32. The molecular formula is C17H20O2. The van der Waals surface area contributed by atoms with E-state index in [1.54, 1.807) is 0 Å². The highest BCUT2D eigenvalue weighted by atomic mass is 16.2. The third kappa shape index (κ3) is 1.43. The quantitative estimate of drug-likeness (QED) is 0.599. The summed E-state index contributed by atoms with van der Waals surface area (Å²) in [7, 11) is 0. The second-order valence-corrected chi connectivity index (χ2v) is 6.77. The molecule has 0 aromatic heterocycles. The summed E-state index contributed by atoms with van der Waals surface area (Å²) in [6.45, 7) is 6.36. The maximum atomic E-state index is 12.7. The molecular weight excluding hydrogens is 236 g/mol. The highest BCUT2D eigenvalue weighted by Crippen LogP contribution is 2.66. The molecule has 1 aromatic carbocycles. The molecule has 3 rings (SSSR count). The van der Waals surface area contributed by atoms with Crippen LogP contribution in [0.25, 0.3) is 0 Å². The van der Waals surface area contributed by atoms with Crippen LogP contribution in [0.5, 0.6) is 0 Å². The lowest BCUT2D eigenvalue weighted by atomic mass is 9.70. The van der Waals surface area contributed by atoms with Crippen LogP contribution in [0.2, 0.25) is 0 Å². The predicted molar refractivity (Wildman–Crippen MR) is 73.9 cm³/mol. The first kappa shape index (κ1) is 12.6. The van der Waals surface area contributed by atoms with E-state index >= 15 is 0 Å². The third-order valence-electron chi connectivity index (χ3n) is 5.87. The summed E-state index contributed by atoms with van der Waals surface area (Å²) in [5, 5.41) is 0. The van der Waals surface area contributed by atoms with Crippen molar-refractivity contribution in [2.75, 3.05) is 0 Å². The number of hydrogen-bond donors (Lipinski definition) is 0. The highest BCUT2D eigenvalue weighted by Gasteiger charge is 2.67. The third-order valence-corrected chi connectivity index (χ3v) is 5.87. The Kier molecular flexibility index (Phi) is 2.51. The number of ketones is 2. The molecule has 2 fully saturated rings. The van der Waals surface area contributed by atoms with Crippen LogP contribution in [0.4, 0.5) is 0 Å². The lowest BCUT2D eigenvalue weighted by molar-refractivity contribution is -0.130. The Morgan fingerprint density at radius 1 is 1.16 bits per heavy atom. The standard InChI is InChI=1S/C17H20O2/c1-16(2)12-9-10-17(16,3)15(19)13(12)14(18)11-7-5-4-6-8-11/h4-8,12-13H,9-10H2,1-3H3/t12-,13-,17+/m1/s1. The van der Waals surface area contributed by atoms with Crippen LogP contribution in [0.3, 0.4) is 0 Å². The first-order chi connectivity index (χ1) is 8.89. The molecule has 2 aliphatic rings. The Balaban J connectivity index is 2.01. The number of hydrogen-bond acceptors (Lipinski definition) is 2. The molecule has 2 heteroatoms. The van der Waals surface area contributed by atoms with E-state index in [0.717, 1.165) is 12.8 Å². The zero-order valence-corrected chi connectivity index (χ0v) is 11.8. The van der Waals surface area contributed by atoms with E-state index in [4.69, 9.17) is 0 Å². The molecule has 2 saturated carbocycles. The Morgan fingerprint density at radius 2 is 1.79 bits per heavy atom. The van der Waals surface area contributed by atoms with Gasteiger partial charge in [0, 0.05) is 11.0 Å². The van der Waals surface area contributed by atoms with E-state index in [2.05, 4.69) is 13.8 Å². The molecule has 2 bridgehead atoms. The first-order valence-electron chi connectivity index (χ1n) is 7.03. The second-order valence-electron chi connectivity index (χ2n) is 6.77. The topological polar surface area (TPSA) is 34.1 Å². The van der Waals surface area contributed by atoms with Gasteiger partial charge in [-0.3, -0.25) is 9.59 Å². The summed E-state index contributed by atoms with van der Waals surface area (Å²) in [6, 6.07) is 9.24. The minimum Gasteiger partial charge on any atom is -0.298 e. The van der Waals surface area contributed by atoms with E-state index in [1.165, 1.54) is 0 Å². The average molecular weight is 256 g/mol. The number of carbonyl (C=O) groups excluding carboxylic acids is 2. The number of Topliss-reactive ketones (excluding diaryl/α,β-unsaturated/α-hetero) is 2. The Bertz CT molecular complexity index is 544. The van der Waals surface area contributed by atoms with Gasteiger partial charge in [0.1, 0.15) is 5.78 Å². The number of fused-ring (bicyclic) bond motifs is 2. The van der Waals surface area contributed by atoms with Crippen molar-refractivity contribution in [2.45, 2.75) is 33.6 Å². The SMILES string of the molecule is CC1(C)[C@@H]2CC[C@@]1(C)C(=O)[C@H]2C(=O)c1ccccc1. The molecule has 0 aliphatic heterocycles. The van der Waals surface area contributed by atoms with Crippen LogP contribution < -0.4 is 0 Å². The van der Waals surface area contributed by atoms with Gasteiger partial charge < -0.3 is 0 Å². The molecule has 2 nitrogen and oxygen atoms in total. The molecule has 0 spiro atoms. The largest absolute Gasteiger partial charge is 0.298 e. The number of benzene rings is 1. The Labute approximate surface area is 114 Å². The van der Waals surface area contributed by atoms with Crippen molar-refractivity contribution in [3.05, 3.63) is 35.9 Å². The van der Waals surface area contributed by atoms with Crippen molar-refractivity contribution >= 4 is 11.6 Å². The molecule has 0 unspecified atom stereocenters. The van der Waals surface area contributed by atoms with Crippen molar-refractivity contribution < 1.29 is 9.59 Å². The van der Waals surface area contributed by atoms with Gasteiger partial charge in [-0.2, -0.15) is 0 Å². The van der Waals surface area contributed by atoms with Crippen molar-refractivity contribution in [3.8, 4) is 0 Å². The molecule has 19 heavy (non-hydrogen) atoms. The van der Waals surface area contributed by atoms with Crippen LogP contribution in [0, 0.1) is 22.7 Å². The number of rotatable bonds is 2. The first-order valence-corrected chi connectivity index (χ1v) is 7.03. The van der Waals surface area contributed by atoms with Crippen molar-refractivity contribution in [1.29, 1.82) is 0 Å². The summed E-state index contributed by atoms with van der Waals surface area (Å²) in [4.78, 5) is 25.4. The smallest absolute Gasteiger partial charge is 0.173 e. The van der Waals surface area contributed by atoms with Crippen LogP contribution in [-0.2, 0) is 4.79 Å². The van der Waals surface area contributed by atoms with E-state index in [9.17, 15) is 9.59 Å². The minimum absolute atomic E-state index is 0.0205. The summed E-state index contributed by atoms with van der Waals surface area (Å²) < 4.78 is 0. The summed E-state index contributed by atoms with van der Waals surface area (Å²) in [5.74, 6) is -0.0245. The fourth-order valence-corrected chi connectivity index (χ4v) is 4.17. The zero-order valence-electron chi connectivity index (χ0n) is 11.8. The molecule has 100 valence electrons. The van der Waals surface area contributed by atoms with Gasteiger partial charge in [0.15, 0.2) is 5.78 Å². The molecule has 0 N–H and O–H groups in total. The molecule has 2 aliphatic carbocycles. The predicted octanol–water partition coefficient (Wildman–Crippen LogP) is 3.51. The molecule has 0 amide bonds. The fraction of sp³-hybridized carbons (Fsp3) is 0.529. The monoisotopic (exact) mass is 256 g/mol. The second kappa shape index (κ2) is 3.78. The van der Waals surface area contributed by atoms with Gasteiger partial charge in [-0.25, -0.2) is 0 Å². The van der Waals surface area contributed by atoms with E-state index < -0.39 is 5.92 Å². The summed E-state index contributed by atoms with van der Waals surface area (Å²) >= 11 is 0. The minimum atomic E-state index is -0.420. The number of carbonyl (C=O) groups is 2. The van der Waals surface area contributed by atoms with Crippen LogP contribution in [-0.4, -0.2) is 11.6 Å². The van der Waals surface area contributed by atoms with Crippen LogP contribution in [0.1, 0.15) is 44.0 Å². The van der Waals surface area contributed by atoms with Crippen molar-refractivity contribution in [2.24, 2.45) is 22.7 Å². The molecule has 0 radical (unpaired) electrons. The molecule has 0 saturated heterocycles. The van der Waals surface area contributed by atoms with Crippen LogP contribution in [0.15, 0.2) is 30.3 Å². The van der Waals surface area contributed by atoms with Crippen LogP contribution >= 0.6 is 0 Å². The van der Waals surface area contributed by atoms with Gasteiger partial charge in [-0.05, 0) is 24.2 Å². The summed E-state index contributed by atoms with van der Waals surface area (Å²) in [5.41, 5.74) is 0.305. The highest BCUT2D eigenvalue weighted by molar-refractivity contribution is 6.14. The van der Waals surface area contributed by atoms with Crippen molar-refractivity contribution in [1.82, 2.24) is 0 Å². The van der Waals surface area contributed by atoms with Gasteiger partial charge in [0.05, 0.1) is 5.92 Å². The van der Waals surface area contributed by atoms with Gasteiger partial charge in [0.2, 0.25) is 0 Å². The normalized spacial score (nSPS) is 35.6. The van der Waals surface area contributed by atoms with Gasteiger partial charge in [-0.15, -0.1) is 0 Å².